The maximum absolute atomic E-state index is 2.43. The molecule has 0 N–H and O–H groups in total. The van der Waals surface area contributed by atoms with Gasteiger partial charge < -0.3 is 0 Å². The van der Waals surface area contributed by atoms with Crippen molar-refractivity contribution in [3.05, 3.63) is 0 Å². The van der Waals surface area contributed by atoms with Gasteiger partial charge in [0.15, 0.2) is 0 Å². The molecule has 2 aliphatic rings. The molecule has 0 radical (unpaired) electrons. The summed E-state index contributed by atoms with van der Waals surface area (Å²) in [4.78, 5) is 0. The highest BCUT2D eigenvalue weighted by Crippen LogP contribution is 2.35. The molecule has 2 aliphatic carbocycles. The van der Waals surface area contributed by atoms with Crippen LogP contribution in [0.5, 0.6) is 0 Å². The molecule has 19 heavy (non-hydrogen) atoms. The van der Waals surface area contributed by atoms with E-state index in [1.165, 1.54) is 64.2 Å². The lowest BCUT2D eigenvalue weighted by Crippen LogP contribution is -2.14. The summed E-state index contributed by atoms with van der Waals surface area (Å²) in [6.07, 6.45) is 19.8. The topological polar surface area (TPSA) is 0 Å². The van der Waals surface area contributed by atoms with E-state index in [0.717, 1.165) is 23.7 Å². The number of unbranched alkanes of at least 4 members (excludes halogenated alkanes) is 1. The molecule has 2 fully saturated rings. The summed E-state index contributed by atoms with van der Waals surface area (Å²) in [5.41, 5.74) is 0. The van der Waals surface area contributed by atoms with Crippen molar-refractivity contribution in [1.82, 2.24) is 0 Å². The molecule has 0 amide bonds. The zero-order valence-corrected chi connectivity index (χ0v) is 13.5. The lowest BCUT2D eigenvalue weighted by molar-refractivity contribution is 0.244. The van der Waals surface area contributed by atoms with Gasteiger partial charge in [-0.25, -0.2) is 0 Å². The van der Waals surface area contributed by atoms with Gasteiger partial charge in [0.05, 0.1) is 0 Å². The third kappa shape index (κ3) is 5.48. The van der Waals surface area contributed by atoms with Gasteiger partial charge in [-0.05, 0) is 23.7 Å². The first-order chi connectivity index (χ1) is 9.28. The number of hydrogen-bond donors (Lipinski definition) is 0. The summed E-state index contributed by atoms with van der Waals surface area (Å²) < 4.78 is 0. The molecule has 0 atom stereocenters. The summed E-state index contributed by atoms with van der Waals surface area (Å²) in [5.74, 6) is 4.27. The number of hydrogen-bond acceptors (Lipinski definition) is 0. The van der Waals surface area contributed by atoms with Crippen LogP contribution in [0.4, 0.5) is 0 Å². The minimum absolute atomic E-state index is 1.02. The van der Waals surface area contributed by atoms with Crippen LogP contribution in [0, 0.1) is 23.7 Å². The molecule has 0 nitrogen and oxygen atoms in total. The van der Waals surface area contributed by atoms with Crippen LogP contribution in [0.1, 0.15) is 97.3 Å². The van der Waals surface area contributed by atoms with Crippen LogP contribution in [0.2, 0.25) is 0 Å². The predicted octanol–water partition coefficient (Wildman–Crippen LogP) is 6.59. The van der Waals surface area contributed by atoms with Gasteiger partial charge in [-0.1, -0.05) is 97.3 Å². The van der Waals surface area contributed by atoms with Crippen molar-refractivity contribution in [3.8, 4) is 0 Å². The summed E-state index contributed by atoms with van der Waals surface area (Å²) in [7, 11) is 0. The smallest absolute Gasteiger partial charge is 0.0414 e. The quantitative estimate of drug-likeness (QED) is 0.475. The van der Waals surface area contributed by atoms with Crippen LogP contribution in [0.25, 0.3) is 0 Å². The second-order valence-electron chi connectivity index (χ2n) is 7.71. The molecule has 0 spiro atoms. The SMILES string of the molecule is CCC1CCC(CCCCC2CCC(C)CC2)CC1. The van der Waals surface area contributed by atoms with Crippen LogP contribution in [0.3, 0.4) is 0 Å². The van der Waals surface area contributed by atoms with Crippen LogP contribution in [-0.2, 0) is 0 Å². The van der Waals surface area contributed by atoms with E-state index >= 15 is 0 Å². The van der Waals surface area contributed by atoms with Crippen molar-refractivity contribution in [1.29, 1.82) is 0 Å². The Hall–Kier alpha value is 0. The van der Waals surface area contributed by atoms with E-state index in [9.17, 15) is 0 Å². The molecule has 112 valence electrons. The maximum Gasteiger partial charge on any atom is -0.0414 e. The minimum Gasteiger partial charge on any atom is -0.0651 e. The Bertz CT molecular complexity index is 216. The molecule has 2 saturated carbocycles. The Kier molecular flexibility index (Phi) is 6.74. The summed E-state index contributed by atoms with van der Waals surface area (Å²) in [5, 5.41) is 0. The molecule has 0 aromatic rings. The molecule has 0 unspecified atom stereocenters. The second kappa shape index (κ2) is 8.32. The highest BCUT2D eigenvalue weighted by molar-refractivity contribution is 4.73. The maximum atomic E-state index is 2.43. The standard InChI is InChI=1S/C19H36/c1-3-17-12-14-19(15-13-17)7-5-4-6-18-10-8-16(2)9-11-18/h16-19H,3-15H2,1-2H3. The summed E-state index contributed by atoms with van der Waals surface area (Å²) in [6.45, 7) is 4.80. The predicted molar refractivity (Wildman–Crippen MR) is 85.3 cm³/mol. The normalized spacial score (nSPS) is 36.3. The van der Waals surface area contributed by atoms with Gasteiger partial charge in [0, 0.05) is 0 Å². The zero-order chi connectivity index (χ0) is 13.5. The van der Waals surface area contributed by atoms with Crippen molar-refractivity contribution >= 4 is 0 Å². The Morgan fingerprint density at radius 1 is 0.632 bits per heavy atom. The third-order valence-electron chi connectivity index (χ3n) is 6.15. The Morgan fingerprint density at radius 2 is 1.05 bits per heavy atom. The van der Waals surface area contributed by atoms with Crippen molar-refractivity contribution in [2.75, 3.05) is 0 Å². The molecule has 0 aromatic carbocycles. The summed E-state index contributed by atoms with van der Waals surface area (Å²) in [6, 6.07) is 0. The van der Waals surface area contributed by atoms with Gasteiger partial charge in [-0.3, -0.25) is 0 Å². The third-order valence-corrected chi connectivity index (χ3v) is 6.15. The fourth-order valence-corrected chi connectivity index (χ4v) is 4.41. The van der Waals surface area contributed by atoms with E-state index in [0.29, 0.717) is 0 Å². The van der Waals surface area contributed by atoms with E-state index in [-0.39, 0.29) is 0 Å². The molecule has 0 heteroatoms. The molecule has 0 bridgehead atoms. The van der Waals surface area contributed by atoms with Gasteiger partial charge >= 0.3 is 0 Å². The van der Waals surface area contributed by atoms with Crippen molar-refractivity contribution in [2.45, 2.75) is 97.3 Å². The first-order valence-electron chi connectivity index (χ1n) is 9.28. The molecule has 0 aliphatic heterocycles. The van der Waals surface area contributed by atoms with E-state index in [1.54, 1.807) is 19.3 Å². The first kappa shape index (κ1) is 15.4. The van der Waals surface area contributed by atoms with Crippen LogP contribution in [-0.4, -0.2) is 0 Å². The van der Waals surface area contributed by atoms with Crippen molar-refractivity contribution < 1.29 is 0 Å². The first-order valence-corrected chi connectivity index (χ1v) is 9.28. The number of rotatable bonds is 6. The van der Waals surface area contributed by atoms with Gasteiger partial charge in [0.2, 0.25) is 0 Å². The van der Waals surface area contributed by atoms with E-state index in [2.05, 4.69) is 13.8 Å². The van der Waals surface area contributed by atoms with E-state index < -0.39 is 0 Å². The van der Waals surface area contributed by atoms with Gasteiger partial charge in [0.1, 0.15) is 0 Å². The average molecular weight is 264 g/mol. The van der Waals surface area contributed by atoms with Crippen molar-refractivity contribution in [3.63, 3.8) is 0 Å². The minimum atomic E-state index is 1.02. The van der Waals surface area contributed by atoms with E-state index in [1.807, 2.05) is 0 Å². The Labute approximate surface area is 121 Å². The fourth-order valence-electron chi connectivity index (χ4n) is 4.41. The van der Waals surface area contributed by atoms with Crippen molar-refractivity contribution in [2.24, 2.45) is 23.7 Å². The Morgan fingerprint density at radius 3 is 1.53 bits per heavy atom. The zero-order valence-electron chi connectivity index (χ0n) is 13.5. The molecule has 0 aromatic heterocycles. The van der Waals surface area contributed by atoms with Crippen LogP contribution in [0.15, 0.2) is 0 Å². The van der Waals surface area contributed by atoms with Gasteiger partial charge in [-0.15, -0.1) is 0 Å². The van der Waals surface area contributed by atoms with Gasteiger partial charge in [0.25, 0.3) is 0 Å². The second-order valence-corrected chi connectivity index (χ2v) is 7.71. The van der Waals surface area contributed by atoms with Crippen LogP contribution >= 0.6 is 0 Å². The molecule has 0 heterocycles. The Balaban J connectivity index is 1.48. The van der Waals surface area contributed by atoms with Gasteiger partial charge in [-0.2, -0.15) is 0 Å². The monoisotopic (exact) mass is 264 g/mol. The highest BCUT2D eigenvalue weighted by Gasteiger charge is 2.20. The fraction of sp³-hybridized carbons (Fsp3) is 1.00. The molecule has 2 rings (SSSR count). The molecular formula is C19H36. The molecule has 0 saturated heterocycles. The average Bonchev–Trinajstić information content (AvgIpc) is 2.46. The molecular weight excluding hydrogens is 228 g/mol. The highest BCUT2D eigenvalue weighted by atomic mass is 14.3. The largest absolute Gasteiger partial charge is 0.0651 e. The lowest BCUT2D eigenvalue weighted by atomic mass is 9.78. The van der Waals surface area contributed by atoms with E-state index in [4.69, 9.17) is 0 Å². The van der Waals surface area contributed by atoms with Crippen LogP contribution < -0.4 is 0 Å². The lowest BCUT2D eigenvalue weighted by Gasteiger charge is -2.28. The summed E-state index contributed by atoms with van der Waals surface area (Å²) >= 11 is 0.